The van der Waals surface area contributed by atoms with Crippen molar-refractivity contribution in [1.29, 1.82) is 0 Å². The van der Waals surface area contributed by atoms with Crippen LogP contribution in [0.2, 0.25) is 0 Å². The van der Waals surface area contributed by atoms with Gasteiger partial charge in [-0.05, 0) is 38.2 Å². The van der Waals surface area contributed by atoms with E-state index in [1.165, 1.54) is 19.1 Å². The van der Waals surface area contributed by atoms with E-state index in [1.54, 1.807) is 12.1 Å². The van der Waals surface area contributed by atoms with Crippen LogP contribution in [0.3, 0.4) is 0 Å². The van der Waals surface area contributed by atoms with Gasteiger partial charge in [-0.2, -0.15) is 0 Å². The Morgan fingerprint density at radius 2 is 2.10 bits per heavy atom. The maximum atomic E-state index is 13.4. The second-order valence-corrected chi connectivity index (χ2v) is 4.85. The molecule has 1 amide bonds. The third-order valence-electron chi connectivity index (χ3n) is 2.36. The Kier molecular flexibility index (Phi) is 6.61. The molecule has 0 heterocycles. The van der Waals surface area contributed by atoms with Crippen LogP contribution in [-0.2, 0) is 4.79 Å². The fourth-order valence-corrected chi connectivity index (χ4v) is 1.40. The van der Waals surface area contributed by atoms with E-state index in [2.05, 4.69) is 22.7 Å². The van der Waals surface area contributed by atoms with Gasteiger partial charge in [0, 0.05) is 6.54 Å². The number of hydrogen-bond donors (Lipinski definition) is 3. The molecule has 0 aliphatic carbocycles. The molecular formula is C14H18FN3O2S. The standard InChI is InChI=1S/C14H18FN3O2S/c1-9(2)8-16-14(21)18-17-13(19)10(3)20-12-7-5-4-6-11(12)15/h4-7,10H,1,8H2,2-3H3,(H,17,19)(H2,16,18,21)/t10-/m1/s1. The molecule has 0 fully saturated rings. The lowest BCUT2D eigenvalue weighted by Crippen LogP contribution is -2.50. The number of ether oxygens (including phenoxy) is 1. The van der Waals surface area contributed by atoms with Crippen LogP contribution in [0.25, 0.3) is 0 Å². The normalized spacial score (nSPS) is 11.2. The molecule has 0 aromatic heterocycles. The fourth-order valence-electron chi connectivity index (χ4n) is 1.28. The van der Waals surface area contributed by atoms with Crippen molar-refractivity contribution in [1.82, 2.24) is 16.2 Å². The Morgan fingerprint density at radius 3 is 2.71 bits per heavy atom. The maximum Gasteiger partial charge on any atom is 0.279 e. The van der Waals surface area contributed by atoms with Gasteiger partial charge < -0.3 is 10.1 Å². The summed E-state index contributed by atoms with van der Waals surface area (Å²) in [5.74, 6) is -0.982. The van der Waals surface area contributed by atoms with Gasteiger partial charge in [-0.15, -0.1) is 0 Å². The monoisotopic (exact) mass is 311 g/mol. The van der Waals surface area contributed by atoms with E-state index in [-0.39, 0.29) is 10.9 Å². The van der Waals surface area contributed by atoms with Crippen molar-refractivity contribution in [2.45, 2.75) is 20.0 Å². The average Bonchev–Trinajstić information content (AvgIpc) is 2.44. The third kappa shape index (κ3) is 6.22. The molecule has 0 unspecified atom stereocenters. The van der Waals surface area contributed by atoms with Crippen LogP contribution >= 0.6 is 12.2 Å². The molecule has 21 heavy (non-hydrogen) atoms. The van der Waals surface area contributed by atoms with Crippen LogP contribution in [0.4, 0.5) is 4.39 Å². The van der Waals surface area contributed by atoms with Gasteiger partial charge in [0.2, 0.25) is 0 Å². The first-order chi connectivity index (χ1) is 9.90. The molecule has 0 radical (unpaired) electrons. The molecule has 114 valence electrons. The highest BCUT2D eigenvalue weighted by molar-refractivity contribution is 7.80. The van der Waals surface area contributed by atoms with Gasteiger partial charge in [-0.25, -0.2) is 4.39 Å². The summed E-state index contributed by atoms with van der Waals surface area (Å²) >= 11 is 4.95. The van der Waals surface area contributed by atoms with Crippen molar-refractivity contribution < 1.29 is 13.9 Å². The Hall–Kier alpha value is -2.15. The highest BCUT2D eigenvalue weighted by Gasteiger charge is 2.16. The van der Waals surface area contributed by atoms with Crippen LogP contribution in [-0.4, -0.2) is 23.7 Å². The first-order valence-corrected chi connectivity index (χ1v) is 6.70. The van der Waals surface area contributed by atoms with E-state index in [0.717, 1.165) is 5.57 Å². The number of amides is 1. The van der Waals surface area contributed by atoms with Crippen molar-refractivity contribution in [3.05, 3.63) is 42.2 Å². The fraction of sp³-hybridized carbons (Fsp3) is 0.286. The van der Waals surface area contributed by atoms with Crippen LogP contribution in [0.15, 0.2) is 36.4 Å². The molecular weight excluding hydrogens is 293 g/mol. The quantitative estimate of drug-likeness (QED) is 0.439. The van der Waals surface area contributed by atoms with E-state index in [9.17, 15) is 9.18 Å². The number of rotatable bonds is 5. The number of thiocarbonyl (C=S) groups is 1. The minimum atomic E-state index is -0.877. The number of halogens is 1. The van der Waals surface area contributed by atoms with E-state index >= 15 is 0 Å². The SMILES string of the molecule is C=C(C)CNC(=S)NNC(=O)[C@@H](C)Oc1ccccc1F. The minimum absolute atomic E-state index is 0.0168. The number of para-hydroxylation sites is 1. The van der Waals surface area contributed by atoms with Gasteiger partial charge in [0.1, 0.15) is 0 Å². The number of nitrogens with one attached hydrogen (secondary N) is 3. The van der Waals surface area contributed by atoms with Crippen molar-refractivity contribution in [2.75, 3.05) is 6.54 Å². The number of carbonyl (C=O) groups is 1. The van der Waals surface area contributed by atoms with Gasteiger partial charge >= 0.3 is 0 Å². The Labute approximate surface area is 128 Å². The molecule has 1 aromatic rings. The number of benzene rings is 1. The highest BCUT2D eigenvalue weighted by Crippen LogP contribution is 2.16. The lowest BCUT2D eigenvalue weighted by Gasteiger charge is -2.16. The minimum Gasteiger partial charge on any atom is -0.478 e. The van der Waals surface area contributed by atoms with Crippen LogP contribution < -0.4 is 20.9 Å². The third-order valence-corrected chi connectivity index (χ3v) is 2.61. The van der Waals surface area contributed by atoms with Gasteiger partial charge in [0.25, 0.3) is 5.91 Å². The smallest absolute Gasteiger partial charge is 0.279 e. The maximum absolute atomic E-state index is 13.4. The summed E-state index contributed by atoms with van der Waals surface area (Å²) in [7, 11) is 0. The summed E-state index contributed by atoms with van der Waals surface area (Å²) in [6.45, 7) is 7.57. The summed E-state index contributed by atoms with van der Waals surface area (Å²) in [6, 6.07) is 5.87. The topological polar surface area (TPSA) is 62.4 Å². The molecule has 0 saturated heterocycles. The Bertz CT molecular complexity index is 537. The van der Waals surface area contributed by atoms with Crippen molar-refractivity contribution >= 4 is 23.2 Å². The molecule has 0 saturated carbocycles. The summed E-state index contributed by atoms with van der Waals surface area (Å²) in [4.78, 5) is 11.8. The summed E-state index contributed by atoms with van der Waals surface area (Å²) < 4.78 is 18.6. The van der Waals surface area contributed by atoms with Crippen LogP contribution in [0.1, 0.15) is 13.8 Å². The van der Waals surface area contributed by atoms with Crippen molar-refractivity contribution in [3.63, 3.8) is 0 Å². The molecule has 0 aliphatic rings. The first-order valence-electron chi connectivity index (χ1n) is 6.29. The molecule has 0 aliphatic heterocycles. The molecule has 1 aromatic carbocycles. The predicted molar refractivity (Wildman–Crippen MR) is 83.2 cm³/mol. The van der Waals surface area contributed by atoms with Gasteiger partial charge in [0.15, 0.2) is 22.8 Å². The van der Waals surface area contributed by atoms with Gasteiger partial charge in [-0.1, -0.05) is 24.3 Å². The highest BCUT2D eigenvalue weighted by atomic mass is 32.1. The first kappa shape index (κ1) is 16.9. The predicted octanol–water partition coefficient (Wildman–Crippen LogP) is 1.66. The molecule has 7 heteroatoms. The Balaban J connectivity index is 2.40. The number of hydrazine groups is 1. The largest absolute Gasteiger partial charge is 0.478 e. The van der Waals surface area contributed by atoms with Crippen molar-refractivity contribution in [3.8, 4) is 5.75 Å². The van der Waals surface area contributed by atoms with Crippen LogP contribution in [0, 0.1) is 5.82 Å². The Morgan fingerprint density at radius 1 is 1.43 bits per heavy atom. The zero-order valence-electron chi connectivity index (χ0n) is 11.9. The number of carbonyl (C=O) groups excluding carboxylic acids is 1. The molecule has 5 nitrogen and oxygen atoms in total. The van der Waals surface area contributed by atoms with E-state index in [4.69, 9.17) is 17.0 Å². The molecule has 0 bridgehead atoms. The zero-order valence-corrected chi connectivity index (χ0v) is 12.7. The number of hydrogen-bond acceptors (Lipinski definition) is 3. The average molecular weight is 311 g/mol. The van der Waals surface area contributed by atoms with Crippen LogP contribution in [0.5, 0.6) is 5.75 Å². The lowest BCUT2D eigenvalue weighted by atomic mass is 10.3. The molecule has 3 N–H and O–H groups in total. The van der Waals surface area contributed by atoms with Gasteiger partial charge in [-0.3, -0.25) is 15.6 Å². The van der Waals surface area contributed by atoms with Crippen molar-refractivity contribution in [2.24, 2.45) is 0 Å². The van der Waals surface area contributed by atoms with E-state index in [0.29, 0.717) is 6.54 Å². The second kappa shape index (κ2) is 8.21. The zero-order chi connectivity index (χ0) is 15.8. The van der Waals surface area contributed by atoms with Gasteiger partial charge in [0.05, 0.1) is 0 Å². The van der Waals surface area contributed by atoms with E-state index < -0.39 is 17.8 Å². The molecule has 1 rings (SSSR count). The molecule has 0 spiro atoms. The summed E-state index contributed by atoms with van der Waals surface area (Å²) in [5, 5.41) is 3.09. The lowest BCUT2D eigenvalue weighted by molar-refractivity contribution is -0.127. The van der Waals surface area contributed by atoms with E-state index in [1.807, 2.05) is 6.92 Å². The molecule has 1 atom stereocenters. The second-order valence-electron chi connectivity index (χ2n) is 4.44. The summed E-state index contributed by atoms with van der Waals surface area (Å²) in [6.07, 6.45) is -0.877. The summed E-state index contributed by atoms with van der Waals surface area (Å²) in [5.41, 5.74) is 5.81.